The van der Waals surface area contributed by atoms with Crippen molar-refractivity contribution in [2.24, 2.45) is 7.05 Å². The van der Waals surface area contributed by atoms with E-state index < -0.39 is 0 Å². The lowest BCUT2D eigenvalue weighted by molar-refractivity contribution is 0.559. The molecule has 16 heavy (non-hydrogen) atoms. The van der Waals surface area contributed by atoms with Crippen LogP contribution in [-0.4, -0.2) is 24.1 Å². The van der Waals surface area contributed by atoms with Gasteiger partial charge in [0.05, 0.1) is 6.54 Å². The van der Waals surface area contributed by atoms with Gasteiger partial charge in [-0.05, 0) is 13.8 Å². The molecule has 0 saturated carbocycles. The third kappa shape index (κ3) is 1.91. The normalized spacial score (nSPS) is 11.2. The van der Waals surface area contributed by atoms with E-state index in [2.05, 4.69) is 10.3 Å². The van der Waals surface area contributed by atoms with Crippen LogP contribution < -0.4 is 5.69 Å². The zero-order valence-corrected chi connectivity index (χ0v) is 9.66. The number of hydrogen-bond donors (Lipinski definition) is 0. The predicted molar refractivity (Wildman–Crippen MR) is 59.2 cm³/mol. The van der Waals surface area contributed by atoms with Gasteiger partial charge in [-0.2, -0.15) is 0 Å². The molecule has 2 heterocycles. The van der Waals surface area contributed by atoms with Crippen molar-refractivity contribution in [3.05, 3.63) is 34.8 Å². The Morgan fingerprint density at radius 2 is 2.12 bits per heavy atom. The standard InChI is InChI=1S/C10H15N5O/c1-8(2)15-5-4-14(10(15)16)7-9-6-13(3)12-11-9/h4-6,8H,7H2,1-3H3. The molecule has 0 amide bonds. The van der Waals surface area contributed by atoms with Crippen molar-refractivity contribution in [1.82, 2.24) is 24.1 Å². The van der Waals surface area contributed by atoms with E-state index in [9.17, 15) is 4.79 Å². The second-order valence-corrected chi connectivity index (χ2v) is 4.09. The molecule has 2 aromatic heterocycles. The van der Waals surface area contributed by atoms with Crippen LogP contribution in [0.25, 0.3) is 0 Å². The molecule has 0 fully saturated rings. The first kappa shape index (κ1) is 10.7. The van der Waals surface area contributed by atoms with E-state index in [0.717, 1.165) is 5.69 Å². The highest BCUT2D eigenvalue weighted by atomic mass is 16.1. The molecule has 6 nitrogen and oxygen atoms in total. The Morgan fingerprint density at radius 3 is 2.62 bits per heavy atom. The Bertz CT molecular complexity index is 533. The third-order valence-electron chi connectivity index (χ3n) is 2.41. The van der Waals surface area contributed by atoms with E-state index in [1.54, 1.807) is 39.5 Å². The average molecular weight is 221 g/mol. The summed E-state index contributed by atoms with van der Waals surface area (Å²) in [6.45, 7) is 4.43. The van der Waals surface area contributed by atoms with Crippen LogP contribution in [0, 0.1) is 0 Å². The molecular formula is C10H15N5O. The van der Waals surface area contributed by atoms with E-state index in [1.165, 1.54) is 0 Å². The summed E-state index contributed by atoms with van der Waals surface area (Å²) in [4.78, 5) is 11.9. The predicted octanol–water partition coefficient (Wildman–Crippen LogP) is 0.407. The molecule has 0 N–H and O–H groups in total. The fourth-order valence-electron chi connectivity index (χ4n) is 1.58. The summed E-state index contributed by atoms with van der Waals surface area (Å²) in [5.41, 5.74) is 0.770. The molecule has 0 aromatic carbocycles. The van der Waals surface area contributed by atoms with Gasteiger partial charge in [0.2, 0.25) is 0 Å². The fraction of sp³-hybridized carbons (Fsp3) is 0.500. The number of nitrogens with zero attached hydrogens (tertiary/aromatic N) is 5. The van der Waals surface area contributed by atoms with Crippen LogP contribution in [0.5, 0.6) is 0 Å². The van der Waals surface area contributed by atoms with Crippen LogP contribution in [-0.2, 0) is 13.6 Å². The Kier molecular flexibility index (Phi) is 2.64. The molecule has 0 unspecified atom stereocenters. The third-order valence-corrected chi connectivity index (χ3v) is 2.41. The first-order chi connectivity index (χ1) is 7.58. The van der Waals surface area contributed by atoms with Crippen molar-refractivity contribution in [2.45, 2.75) is 26.4 Å². The van der Waals surface area contributed by atoms with Gasteiger partial charge >= 0.3 is 5.69 Å². The summed E-state index contributed by atoms with van der Waals surface area (Å²) in [5.74, 6) is 0. The fourth-order valence-corrected chi connectivity index (χ4v) is 1.58. The minimum Gasteiger partial charge on any atom is -0.297 e. The summed E-state index contributed by atoms with van der Waals surface area (Å²) in [5, 5.41) is 7.78. The van der Waals surface area contributed by atoms with Gasteiger partial charge in [-0.25, -0.2) is 4.79 Å². The molecule has 0 radical (unpaired) electrons. The second-order valence-electron chi connectivity index (χ2n) is 4.09. The quantitative estimate of drug-likeness (QED) is 0.754. The summed E-state index contributed by atoms with van der Waals surface area (Å²) in [6, 6.07) is 0.176. The molecular weight excluding hydrogens is 206 g/mol. The molecule has 0 atom stereocenters. The lowest BCUT2D eigenvalue weighted by Gasteiger charge is -2.03. The van der Waals surface area contributed by atoms with Gasteiger partial charge in [0, 0.05) is 31.7 Å². The van der Waals surface area contributed by atoms with E-state index in [1.807, 2.05) is 13.8 Å². The van der Waals surface area contributed by atoms with Crippen LogP contribution in [0.2, 0.25) is 0 Å². The Morgan fingerprint density at radius 1 is 1.38 bits per heavy atom. The van der Waals surface area contributed by atoms with Gasteiger partial charge in [0.25, 0.3) is 0 Å². The van der Waals surface area contributed by atoms with Crippen molar-refractivity contribution in [3.8, 4) is 0 Å². The lowest BCUT2D eigenvalue weighted by Crippen LogP contribution is -2.25. The first-order valence-corrected chi connectivity index (χ1v) is 5.20. The number of imidazole rings is 1. The van der Waals surface area contributed by atoms with E-state index in [-0.39, 0.29) is 11.7 Å². The molecule has 2 rings (SSSR count). The van der Waals surface area contributed by atoms with E-state index in [4.69, 9.17) is 0 Å². The van der Waals surface area contributed by atoms with E-state index >= 15 is 0 Å². The van der Waals surface area contributed by atoms with Crippen molar-refractivity contribution >= 4 is 0 Å². The van der Waals surface area contributed by atoms with Gasteiger partial charge < -0.3 is 0 Å². The summed E-state index contributed by atoms with van der Waals surface area (Å²) in [7, 11) is 1.80. The number of aromatic nitrogens is 5. The molecule has 0 saturated heterocycles. The van der Waals surface area contributed by atoms with Gasteiger partial charge in [-0.15, -0.1) is 5.10 Å². The monoisotopic (exact) mass is 221 g/mol. The second kappa shape index (κ2) is 3.96. The van der Waals surface area contributed by atoms with Crippen molar-refractivity contribution in [2.75, 3.05) is 0 Å². The smallest absolute Gasteiger partial charge is 0.297 e. The summed E-state index contributed by atoms with van der Waals surface area (Å²) in [6.07, 6.45) is 5.37. The van der Waals surface area contributed by atoms with Gasteiger partial charge in [0.15, 0.2) is 0 Å². The maximum absolute atomic E-state index is 11.9. The van der Waals surface area contributed by atoms with Crippen molar-refractivity contribution in [3.63, 3.8) is 0 Å². The molecule has 2 aromatic rings. The Labute approximate surface area is 93.1 Å². The largest absolute Gasteiger partial charge is 0.328 e. The van der Waals surface area contributed by atoms with Gasteiger partial charge in [0.1, 0.15) is 5.69 Å². The van der Waals surface area contributed by atoms with Crippen LogP contribution in [0.3, 0.4) is 0 Å². The average Bonchev–Trinajstić information content (AvgIpc) is 2.76. The summed E-state index contributed by atoms with van der Waals surface area (Å²) >= 11 is 0. The number of hydrogen-bond acceptors (Lipinski definition) is 3. The zero-order valence-electron chi connectivity index (χ0n) is 9.66. The zero-order chi connectivity index (χ0) is 11.7. The molecule has 0 aliphatic carbocycles. The highest BCUT2D eigenvalue weighted by molar-refractivity contribution is 4.95. The van der Waals surface area contributed by atoms with Gasteiger partial charge in [-0.3, -0.25) is 13.8 Å². The minimum atomic E-state index is -0.0133. The van der Waals surface area contributed by atoms with Crippen LogP contribution in [0.1, 0.15) is 25.6 Å². The molecule has 86 valence electrons. The van der Waals surface area contributed by atoms with Crippen molar-refractivity contribution < 1.29 is 0 Å². The molecule has 0 aliphatic rings. The number of rotatable bonds is 3. The maximum Gasteiger partial charge on any atom is 0.328 e. The SMILES string of the molecule is CC(C)n1ccn(Cc2cn(C)nn2)c1=O. The molecule has 0 spiro atoms. The molecule has 0 bridgehead atoms. The Hall–Kier alpha value is -1.85. The summed E-state index contributed by atoms with van der Waals surface area (Å²) < 4.78 is 4.94. The van der Waals surface area contributed by atoms with Crippen LogP contribution in [0.4, 0.5) is 0 Å². The van der Waals surface area contributed by atoms with Crippen LogP contribution >= 0.6 is 0 Å². The first-order valence-electron chi connectivity index (χ1n) is 5.20. The van der Waals surface area contributed by atoms with Crippen LogP contribution in [0.15, 0.2) is 23.4 Å². The lowest BCUT2D eigenvalue weighted by atomic mass is 10.4. The molecule has 0 aliphatic heterocycles. The molecule has 6 heteroatoms. The van der Waals surface area contributed by atoms with Crippen molar-refractivity contribution in [1.29, 1.82) is 0 Å². The van der Waals surface area contributed by atoms with E-state index in [0.29, 0.717) is 6.54 Å². The highest BCUT2D eigenvalue weighted by Crippen LogP contribution is 2.00. The minimum absolute atomic E-state index is 0.0133. The van der Waals surface area contributed by atoms with Gasteiger partial charge in [-0.1, -0.05) is 5.21 Å². The highest BCUT2D eigenvalue weighted by Gasteiger charge is 2.07. The Balaban J connectivity index is 2.26. The number of aryl methyl sites for hydroxylation is 1. The maximum atomic E-state index is 11.9. The topological polar surface area (TPSA) is 57.6 Å².